The molecule has 0 saturated heterocycles. The third-order valence-electron chi connectivity index (χ3n) is 4.32. The number of anilines is 1. The van der Waals surface area contributed by atoms with Gasteiger partial charge in [-0.3, -0.25) is 0 Å². The summed E-state index contributed by atoms with van der Waals surface area (Å²) in [5.74, 6) is 0. The Balaban J connectivity index is 2.08. The predicted octanol–water partition coefficient (Wildman–Crippen LogP) is 3.82. The van der Waals surface area contributed by atoms with Crippen LogP contribution in [-0.4, -0.2) is 20.5 Å². The summed E-state index contributed by atoms with van der Waals surface area (Å²) in [4.78, 5) is 12.6. The molecule has 0 spiro atoms. The smallest absolute Gasteiger partial charge is 0.319 e. The minimum atomic E-state index is -3.55. The van der Waals surface area contributed by atoms with Crippen LogP contribution in [0.3, 0.4) is 0 Å². The number of hydrogen-bond donors (Lipinski definition) is 3. The number of nitrogens with one attached hydrogen (secondary N) is 3. The second-order valence-corrected chi connectivity index (χ2v) is 8.65. The van der Waals surface area contributed by atoms with Gasteiger partial charge < -0.3 is 10.6 Å². The second-order valence-electron chi connectivity index (χ2n) is 6.93. The first-order chi connectivity index (χ1) is 12.7. The third kappa shape index (κ3) is 5.55. The fraction of sp³-hybridized carbons (Fsp3) is 0.350. The van der Waals surface area contributed by atoms with Gasteiger partial charge in [-0.25, -0.2) is 17.9 Å². The van der Waals surface area contributed by atoms with Crippen molar-refractivity contribution in [3.8, 4) is 0 Å². The highest BCUT2D eigenvalue weighted by molar-refractivity contribution is 7.89. The summed E-state index contributed by atoms with van der Waals surface area (Å²) in [5.41, 5.74) is 1.03. The highest BCUT2D eigenvalue weighted by Gasteiger charge is 2.26. The molecule has 0 aromatic heterocycles. The van der Waals surface area contributed by atoms with E-state index in [4.69, 9.17) is 0 Å². The molecule has 0 radical (unpaired) electrons. The highest BCUT2D eigenvalue weighted by atomic mass is 32.2. The van der Waals surface area contributed by atoms with E-state index < -0.39 is 15.6 Å². The molecule has 146 valence electrons. The maximum Gasteiger partial charge on any atom is 0.319 e. The Labute approximate surface area is 161 Å². The number of benzene rings is 2. The van der Waals surface area contributed by atoms with Crippen molar-refractivity contribution in [2.75, 3.05) is 5.32 Å². The Morgan fingerprint density at radius 2 is 1.63 bits per heavy atom. The SMILES string of the molecule is CCC(C)(NC(=O)Nc1ccc(S(=O)(=O)NC(C)C)cc1)c1ccccc1. The summed E-state index contributed by atoms with van der Waals surface area (Å²) < 4.78 is 26.8. The molecule has 7 heteroatoms. The monoisotopic (exact) mass is 389 g/mol. The first-order valence-electron chi connectivity index (χ1n) is 8.93. The summed E-state index contributed by atoms with van der Waals surface area (Å²) >= 11 is 0. The van der Waals surface area contributed by atoms with Crippen LogP contribution in [0.2, 0.25) is 0 Å². The third-order valence-corrected chi connectivity index (χ3v) is 6.00. The molecule has 0 bridgehead atoms. The molecule has 0 aliphatic rings. The zero-order valence-corrected chi connectivity index (χ0v) is 16.9. The molecule has 0 aliphatic heterocycles. The van der Waals surface area contributed by atoms with Crippen LogP contribution in [0.4, 0.5) is 10.5 Å². The minimum absolute atomic E-state index is 0.157. The van der Waals surface area contributed by atoms with E-state index in [9.17, 15) is 13.2 Å². The summed E-state index contributed by atoms with van der Waals surface area (Å²) in [6.07, 6.45) is 0.725. The number of carbonyl (C=O) groups excluding carboxylic acids is 1. The molecule has 2 amide bonds. The van der Waals surface area contributed by atoms with Crippen LogP contribution < -0.4 is 15.4 Å². The lowest BCUT2D eigenvalue weighted by atomic mass is 9.89. The lowest BCUT2D eigenvalue weighted by Crippen LogP contribution is -2.45. The van der Waals surface area contributed by atoms with Gasteiger partial charge in [0.1, 0.15) is 0 Å². The molecule has 27 heavy (non-hydrogen) atoms. The first-order valence-corrected chi connectivity index (χ1v) is 10.4. The van der Waals surface area contributed by atoms with Crippen molar-refractivity contribution >= 4 is 21.7 Å². The van der Waals surface area contributed by atoms with E-state index in [1.807, 2.05) is 44.2 Å². The first kappa shape index (κ1) is 20.9. The van der Waals surface area contributed by atoms with E-state index in [1.165, 1.54) is 12.1 Å². The normalized spacial score (nSPS) is 13.8. The average molecular weight is 390 g/mol. The van der Waals surface area contributed by atoms with Gasteiger partial charge in [-0.05, 0) is 57.0 Å². The molecule has 0 aliphatic carbocycles. The van der Waals surface area contributed by atoms with E-state index >= 15 is 0 Å². The molecule has 2 aromatic carbocycles. The number of hydrogen-bond acceptors (Lipinski definition) is 3. The Morgan fingerprint density at radius 1 is 1.04 bits per heavy atom. The van der Waals surface area contributed by atoms with Gasteiger partial charge in [-0.2, -0.15) is 0 Å². The zero-order chi connectivity index (χ0) is 20.1. The van der Waals surface area contributed by atoms with Crippen molar-refractivity contribution < 1.29 is 13.2 Å². The number of rotatable bonds is 7. The van der Waals surface area contributed by atoms with Gasteiger partial charge in [0.2, 0.25) is 10.0 Å². The van der Waals surface area contributed by atoms with Gasteiger partial charge in [0.15, 0.2) is 0 Å². The summed E-state index contributed by atoms with van der Waals surface area (Å²) in [6, 6.07) is 15.3. The van der Waals surface area contributed by atoms with Crippen LogP contribution in [0.5, 0.6) is 0 Å². The Hall–Kier alpha value is -2.38. The van der Waals surface area contributed by atoms with Crippen molar-refractivity contribution in [3.05, 3.63) is 60.2 Å². The lowest BCUT2D eigenvalue weighted by Gasteiger charge is -2.30. The minimum Gasteiger partial charge on any atom is -0.329 e. The van der Waals surface area contributed by atoms with Crippen LogP contribution in [-0.2, 0) is 15.6 Å². The van der Waals surface area contributed by atoms with Gasteiger partial charge in [0.05, 0.1) is 10.4 Å². The summed E-state index contributed by atoms with van der Waals surface area (Å²) in [6.45, 7) is 7.49. The maximum atomic E-state index is 12.4. The van der Waals surface area contributed by atoms with Crippen LogP contribution in [0.25, 0.3) is 0 Å². The van der Waals surface area contributed by atoms with Crippen molar-refractivity contribution in [3.63, 3.8) is 0 Å². The van der Waals surface area contributed by atoms with Crippen LogP contribution in [0.1, 0.15) is 39.7 Å². The van der Waals surface area contributed by atoms with Gasteiger partial charge in [-0.1, -0.05) is 37.3 Å². The molecule has 1 atom stereocenters. The van der Waals surface area contributed by atoms with E-state index in [0.717, 1.165) is 12.0 Å². The van der Waals surface area contributed by atoms with Crippen LogP contribution in [0.15, 0.2) is 59.5 Å². The molecular formula is C20H27N3O3S. The van der Waals surface area contributed by atoms with Crippen molar-refractivity contribution in [1.82, 2.24) is 10.0 Å². The standard InChI is InChI=1S/C20H27N3O3S/c1-5-20(4,16-9-7-6-8-10-16)22-19(24)21-17-11-13-18(14-12-17)27(25,26)23-15(2)3/h6-15,23H,5H2,1-4H3,(H2,21,22,24). The second kappa shape index (κ2) is 8.54. The summed E-state index contributed by atoms with van der Waals surface area (Å²) in [7, 11) is -3.55. The molecule has 2 aromatic rings. The number of carbonyl (C=O) groups is 1. The van der Waals surface area contributed by atoms with Crippen molar-refractivity contribution in [2.24, 2.45) is 0 Å². The van der Waals surface area contributed by atoms with Crippen molar-refractivity contribution in [1.29, 1.82) is 0 Å². The molecule has 2 rings (SSSR count). The van der Waals surface area contributed by atoms with Gasteiger partial charge >= 0.3 is 6.03 Å². The lowest BCUT2D eigenvalue weighted by molar-refractivity contribution is 0.238. The van der Waals surface area contributed by atoms with E-state index in [1.54, 1.807) is 26.0 Å². The van der Waals surface area contributed by atoms with Crippen LogP contribution >= 0.6 is 0 Å². The molecule has 0 fully saturated rings. The molecule has 1 unspecified atom stereocenters. The molecule has 6 nitrogen and oxygen atoms in total. The fourth-order valence-electron chi connectivity index (χ4n) is 2.68. The molecule has 0 heterocycles. The summed E-state index contributed by atoms with van der Waals surface area (Å²) in [5, 5.41) is 5.75. The number of sulfonamides is 1. The molecule has 0 saturated carbocycles. The molecular weight excluding hydrogens is 362 g/mol. The average Bonchev–Trinajstić information content (AvgIpc) is 2.61. The highest BCUT2D eigenvalue weighted by Crippen LogP contribution is 2.24. The fourth-order valence-corrected chi connectivity index (χ4v) is 3.93. The molecule has 3 N–H and O–H groups in total. The van der Waals surface area contributed by atoms with E-state index in [0.29, 0.717) is 5.69 Å². The Kier molecular flexibility index (Phi) is 6.62. The topological polar surface area (TPSA) is 87.3 Å². The van der Waals surface area contributed by atoms with Crippen molar-refractivity contribution in [2.45, 2.75) is 50.6 Å². The Morgan fingerprint density at radius 3 is 2.15 bits per heavy atom. The maximum absolute atomic E-state index is 12.4. The van der Waals surface area contributed by atoms with Gasteiger partial charge in [-0.15, -0.1) is 0 Å². The largest absolute Gasteiger partial charge is 0.329 e. The predicted molar refractivity (Wildman–Crippen MR) is 108 cm³/mol. The van der Waals surface area contributed by atoms with Gasteiger partial charge in [0.25, 0.3) is 0 Å². The number of amides is 2. The van der Waals surface area contributed by atoms with Gasteiger partial charge in [0, 0.05) is 11.7 Å². The zero-order valence-electron chi connectivity index (χ0n) is 16.1. The number of urea groups is 1. The van der Waals surface area contributed by atoms with E-state index in [-0.39, 0.29) is 17.0 Å². The quantitative estimate of drug-likeness (QED) is 0.673. The van der Waals surface area contributed by atoms with Crippen LogP contribution in [0, 0.1) is 0 Å². The Bertz CT molecular complexity index is 865. The van der Waals surface area contributed by atoms with E-state index in [2.05, 4.69) is 15.4 Å².